The molecule has 90 valence electrons. The van der Waals surface area contributed by atoms with E-state index in [1.165, 1.54) is 31.2 Å². The maximum absolute atomic E-state index is 4.46. The van der Waals surface area contributed by atoms with E-state index in [1.54, 1.807) is 11.1 Å². The van der Waals surface area contributed by atoms with E-state index in [2.05, 4.69) is 35.3 Å². The second-order valence-electron chi connectivity index (χ2n) is 5.61. The van der Waals surface area contributed by atoms with Crippen LogP contribution in [0.2, 0.25) is 0 Å². The largest absolute Gasteiger partial charge is 0.256 e. The smallest absolute Gasteiger partial charge is 0.0702 e. The van der Waals surface area contributed by atoms with Crippen molar-refractivity contribution < 1.29 is 0 Å². The summed E-state index contributed by atoms with van der Waals surface area (Å²) in [6.07, 6.45) is 7.47. The van der Waals surface area contributed by atoms with Crippen molar-refractivity contribution in [2.75, 3.05) is 0 Å². The van der Waals surface area contributed by atoms with Gasteiger partial charge in [0.25, 0.3) is 0 Å². The van der Waals surface area contributed by atoms with Gasteiger partial charge in [0.15, 0.2) is 0 Å². The number of pyridine rings is 1. The third kappa shape index (κ3) is 1.50. The van der Waals surface area contributed by atoms with Crippen LogP contribution in [-0.4, -0.2) is 4.98 Å². The molecule has 3 aliphatic carbocycles. The van der Waals surface area contributed by atoms with Gasteiger partial charge in [0, 0.05) is 11.8 Å². The Labute approximate surface area is 108 Å². The maximum Gasteiger partial charge on any atom is 0.0702 e. The van der Waals surface area contributed by atoms with Crippen molar-refractivity contribution >= 4 is 0 Å². The van der Waals surface area contributed by atoms with E-state index in [9.17, 15) is 0 Å². The van der Waals surface area contributed by atoms with Crippen LogP contribution < -0.4 is 0 Å². The summed E-state index contributed by atoms with van der Waals surface area (Å²) in [6, 6.07) is 13.1. The zero-order chi connectivity index (χ0) is 11.9. The monoisotopic (exact) mass is 235 g/mol. The Morgan fingerprint density at radius 2 is 1.61 bits per heavy atom. The number of nitrogens with zero attached hydrogens (tertiary/aromatic N) is 1. The summed E-state index contributed by atoms with van der Waals surface area (Å²) in [4.78, 5) is 4.46. The first-order chi connectivity index (χ1) is 8.92. The molecule has 0 radical (unpaired) electrons. The fourth-order valence-corrected chi connectivity index (χ4v) is 3.71. The highest BCUT2D eigenvalue weighted by Crippen LogP contribution is 2.49. The number of rotatable bonds is 1. The highest BCUT2D eigenvalue weighted by molar-refractivity contribution is 5.62. The van der Waals surface area contributed by atoms with Gasteiger partial charge in [-0.05, 0) is 66.8 Å². The van der Waals surface area contributed by atoms with Crippen LogP contribution in [0.15, 0.2) is 42.6 Å². The quantitative estimate of drug-likeness (QED) is 0.709. The molecule has 1 saturated carbocycles. The molecule has 0 atom stereocenters. The summed E-state index contributed by atoms with van der Waals surface area (Å²) in [5.74, 6) is 1.65. The lowest BCUT2D eigenvalue weighted by atomic mass is 9.67. The zero-order valence-corrected chi connectivity index (χ0v) is 10.5. The van der Waals surface area contributed by atoms with Gasteiger partial charge in [0.2, 0.25) is 0 Å². The predicted molar refractivity (Wildman–Crippen MR) is 73.6 cm³/mol. The summed E-state index contributed by atoms with van der Waals surface area (Å²) in [7, 11) is 0. The number of aromatic nitrogens is 1. The Morgan fingerprint density at radius 1 is 0.833 bits per heavy atom. The molecule has 2 aromatic rings. The minimum atomic E-state index is 0.814. The number of fused-ring (bicyclic) bond motifs is 2. The molecular formula is C17H17N. The first kappa shape index (κ1) is 10.3. The van der Waals surface area contributed by atoms with Gasteiger partial charge in [-0.25, -0.2) is 0 Å². The fraction of sp³-hybridized carbons (Fsp3) is 0.353. The summed E-state index contributed by atoms with van der Waals surface area (Å²) in [5.41, 5.74) is 5.61. The Bertz CT molecular complexity index is 565. The minimum absolute atomic E-state index is 0.814. The average molecular weight is 235 g/mol. The van der Waals surface area contributed by atoms with Crippen molar-refractivity contribution in [2.24, 2.45) is 0 Å². The molecule has 1 nitrogen and oxygen atoms in total. The Balaban J connectivity index is 1.83. The molecule has 0 amide bonds. The van der Waals surface area contributed by atoms with E-state index in [4.69, 9.17) is 0 Å². The number of hydrogen-bond donors (Lipinski definition) is 0. The first-order valence-electron chi connectivity index (χ1n) is 6.97. The van der Waals surface area contributed by atoms with Crippen LogP contribution in [0.5, 0.6) is 0 Å². The molecule has 0 unspecified atom stereocenters. The van der Waals surface area contributed by atoms with E-state index in [1.807, 2.05) is 12.3 Å². The Hall–Kier alpha value is -1.63. The first-order valence-corrected chi connectivity index (χ1v) is 6.97. The van der Waals surface area contributed by atoms with Gasteiger partial charge in [-0.15, -0.1) is 0 Å². The maximum atomic E-state index is 4.46. The van der Waals surface area contributed by atoms with Crippen LogP contribution in [0.3, 0.4) is 0 Å². The molecule has 5 rings (SSSR count). The van der Waals surface area contributed by atoms with Gasteiger partial charge in [0.05, 0.1) is 5.69 Å². The van der Waals surface area contributed by atoms with Crippen LogP contribution in [0.25, 0.3) is 11.3 Å². The van der Waals surface area contributed by atoms with Crippen LogP contribution in [0.1, 0.15) is 48.6 Å². The van der Waals surface area contributed by atoms with Gasteiger partial charge in [-0.2, -0.15) is 0 Å². The van der Waals surface area contributed by atoms with Crippen molar-refractivity contribution in [3.63, 3.8) is 0 Å². The summed E-state index contributed by atoms with van der Waals surface area (Å²) in [5, 5.41) is 0. The lowest BCUT2D eigenvalue weighted by Gasteiger charge is -2.38. The lowest BCUT2D eigenvalue weighted by Crippen LogP contribution is -2.21. The van der Waals surface area contributed by atoms with Crippen molar-refractivity contribution in [3.8, 4) is 11.3 Å². The van der Waals surface area contributed by atoms with Gasteiger partial charge in [-0.3, -0.25) is 4.98 Å². The summed E-state index contributed by atoms with van der Waals surface area (Å²) >= 11 is 0. The van der Waals surface area contributed by atoms with Crippen LogP contribution in [0.4, 0.5) is 0 Å². The molecular weight excluding hydrogens is 218 g/mol. The van der Waals surface area contributed by atoms with Crippen molar-refractivity contribution in [2.45, 2.75) is 37.5 Å². The predicted octanol–water partition coefficient (Wildman–Crippen LogP) is 4.50. The van der Waals surface area contributed by atoms with Crippen LogP contribution in [0, 0.1) is 0 Å². The van der Waals surface area contributed by atoms with E-state index < -0.39 is 0 Å². The molecule has 2 bridgehead atoms. The van der Waals surface area contributed by atoms with E-state index in [-0.39, 0.29) is 0 Å². The van der Waals surface area contributed by atoms with E-state index in [0.29, 0.717) is 0 Å². The molecule has 18 heavy (non-hydrogen) atoms. The normalized spacial score (nSPS) is 24.9. The molecule has 1 fully saturated rings. The molecule has 0 saturated heterocycles. The fourth-order valence-electron chi connectivity index (χ4n) is 3.71. The van der Waals surface area contributed by atoms with Crippen molar-refractivity contribution in [1.29, 1.82) is 0 Å². The topological polar surface area (TPSA) is 12.9 Å². The second kappa shape index (κ2) is 3.94. The molecule has 0 aliphatic heterocycles. The summed E-state index contributed by atoms with van der Waals surface area (Å²) in [6.45, 7) is 0. The SMILES string of the molecule is c1ccc(-c2ccc3c(c2)C2CCC3CC2)nc1. The van der Waals surface area contributed by atoms with E-state index >= 15 is 0 Å². The van der Waals surface area contributed by atoms with Gasteiger partial charge < -0.3 is 0 Å². The molecule has 0 N–H and O–H groups in total. The van der Waals surface area contributed by atoms with E-state index in [0.717, 1.165) is 17.5 Å². The Kier molecular flexibility index (Phi) is 2.26. The Morgan fingerprint density at radius 3 is 2.33 bits per heavy atom. The number of benzene rings is 1. The third-order valence-corrected chi connectivity index (χ3v) is 4.65. The molecule has 1 heteroatoms. The molecule has 1 aromatic heterocycles. The lowest BCUT2D eigenvalue weighted by molar-refractivity contribution is 0.359. The molecule has 3 aliphatic rings. The van der Waals surface area contributed by atoms with Gasteiger partial charge in [-0.1, -0.05) is 18.2 Å². The van der Waals surface area contributed by atoms with Crippen LogP contribution >= 0.6 is 0 Å². The van der Waals surface area contributed by atoms with Gasteiger partial charge >= 0.3 is 0 Å². The molecule has 1 aromatic carbocycles. The number of hydrogen-bond acceptors (Lipinski definition) is 1. The van der Waals surface area contributed by atoms with Gasteiger partial charge in [0.1, 0.15) is 0 Å². The van der Waals surface area contributed by atoms with Crippen LogP contribution in [-0.2, 0) is 0 Å². The minimum Gasteiger partial charge on any atom is -0.256 e. The summed E-state index contributed by atoms with van der Waals surface area (Å²) < 4.78 is 0. The standard InChI is InChI=1S/C17H17N/c1-2-10-18-17(3-1)14-8-9-15-12-4-6-13(7-5-12)16(15)11-14/h1-3,8-13H,4-7H2. The zero-order valence-electron chi connectivity index (χ0n) is 10.5. The highest BCUT2D eigenvalue weighted by Gasteiger charge is 2.32. The third-order valence-electron chi connectivity index (χ3n) is 4.65. The second-order valence-corrected chi connectivity index (χ2v) is 5.61. The van der Waals surface area contributed by atoms with Crippen molar-refractivity contribution in [1.82, 2.24) is 4.98 Å². The highest BCUT2D eigenvalue weighted by atomic mass is 14.7. The van der Waals surface area contributed by atoms with Crippen molar-refractivity contribution in [3.05, 3.63) is 53.7 Å². The molecule has 0 spiro atoms. The average Bonchev–Trinajstić information content (AvgIpc) is 2.49. The molecule has 1 heterocycles.